The molecule has 3 nitrogen and oxygen atoms in total. The van der Waals surface area contributed by atoms with Gasteiger partial charge in [-0.1, -0.05) is 24.3 Å². The van der Waals surface area contributed by atoms with E-state index in [4.69, 9.17) is 5.73 Å². The summed E-state index contributed by atoms with van der Waals surface area (Å²) in [5, 5.41) is 0. The van der Waals surface area contributed by atoms with Crippen molar-refractivity contribution in [1.82, 2.24) is 9.55 Å². The third kappa shape index (κ3) is 2.14. The van der Waals surface area contributed by atoms with E-state index in [1.165, 1.54) is 11.1 Å². The van der Waals surface area contributed by atoms with Crippen LogP contribution in [0.4, 0.5) is 0 Å². The van der Waals surface area contributed by atoms with Gasteiger partial charge in [0.05, 0.1) is 0 Å². The lowest BCUT2D eigenvalue weighted by Gasteiger charge is -2.11. The smallest absolute Gasteiger partial charge is 0.140 e. The average molecular weight is 215 g/mol. The summed E-state index contributed by atoms with van der Waals surface area (Å²) in [5.41, 5.74) is 8.23. The van der Waals surface area contributed by atoms with Gasteiger partial charge < -0.3 is 10.3 Å². The molecule has 3 heteroatoms. The second kappa shape index (κ2) is 4.49. The summed E-state index contributed by atoms with van der Waals surface area (Å²) in [6, 6.07) is 8.40. The molecule has 0 saturated carbocycles. The predicted octanol–water partition coefficient (Wildman–Crippen LogP) is 2.21. The SMILES string of the molecule is Cc1ccccc1-c1nccn1CC(C)N. The molecule has 0 saturated heterocycles. The standard InChI is InChI=1S/C13H17N3/c1-10-5-3-4-6-12(10)13-15-7-8-16(13)9-11(2)14/h3-8,11H,9,14H2,1-2H3. The van der Waals surface area contributed by atoms with Crippen LogP contribution in [0.5, 0.6) is 0 Å². The van der Waals surface area contributed by atoms with E-state index in [1.54, 1.807) is 0 Å². The predicted molar refractivity (Wildman–Crippen MR) is 66.0 cm³/mol. The first-order valence-electron chi connectivity index (χ1n) is 5.51. The van der Waals surface area contributed by atoms with E-state index in [1.807, 2.05) is 31.5 Å². The van der Waals surface area contributed by atoms with Crippen molar-refractivity contribution in [2.75, 3.05) is 0 Å². The van der Waals surface area contributed by atoms with Gasteiger partial charge in [-0.15, -0.1) is 0 Å². The van der Waals surface area contributed by atoms with E-state index in [-0.39, 0.29) is 6.04 Å². The van der Waals surface area contributed by atoms with E-state index in [0.29, 0.717) is 0 Å². The molecule has 0 aliphatic heterocycles. The van der Waals surface area contributed by atoms with E-state index < -0.39 is 0 Å². The molecular formula is C13H17N3. The van der Waals surface area contributed by atoms with Crippen molar-refractivity contribution in [2.24, 2.45) is 5.73 Å². The third-order valence-electron chi connectivity index (χ3n) is 2.59. The third-order valence-corrected chi connectivity index (χ3v) is 2.59. The van der Waals surface area contributed by atoms with Gasteiger partial charge in [0.2, 0.25) is 0 Å². The van der Waals surface area contributed by atoms with Gasteiger partial charge in [0.1, 0.15) is 5.82 Å². The maximum Gasteiger partial charge on any atom is 0.140 e. The van der Waals surface area contributed by atoms with Crippen LogP contribution in [0.15, 0.2) is 36.7 Å². The van der Waals surface area contributed by atoms with Gasteiger partial charge in [-0.3, -0.25) is 0 Å². The van der Waals surface area contributed by atoms with Gasteiger partial charge in [-0.05, 0) is 19.4 Å². The molecule has 2 rings (SSSR count). The monoisotopic (exact) mass is 215 g/mol. The van der Waals surface area contributed by atoms with Crippen LogP contribution in [-0.4, -0.2) is 15.6 Å². The molecule has 1 aromatic heterocycles. The Labute approximate surface area is 95.9 Å². The lowest BCUT2D eigenvalue weighted by Crippen LogP contribution is -2.22. The molecule has 2 aromatic rings. The van der Waals surface area contributed by atoms with Crippen LogP contribution in [-0.2, 0) is 6.54 Å². The Kier molecular flexibility index (Phi) is 3.06. The number of imidazole rings is 1. The van der Waals surface area contributed by atoms with Crippen LogP contribution in [0.2, 0.25) is 0 Å². The Bertz CT molecular complexity index is 472. The Hall–Kier alpha value is -1.61. The number of aryl methyl sites for hydroxylation is 1. The molecular weight excluding hydrogens is 198 g/mol. The van der Waals surface area contributed by atoms with Crippen LogP contribution in [0, 0.1) is 6.92 Å². The van der Waals surface area contributed by atoms with Crippen molar-refractivity contribution in [3.8, 4) is 11.4 Å². The van der Waals surface area contributed by atoms with Crippen LogP contribution >= 0.6 is 0 Å². The molecule has 1 aromatic carbocycles. The van der Waals surface area contributed by atoms with Gasteiger partial charge in [0.15, 0.2) is 0 Å². The summed E-state index contributed by atoms with van der Waals surface area (Å²) in [5.74, 6) is 0.996. The van der Waals surface area contributed by atoms with Crippen LogP contribution in [0.1, 0.15) is 12.5 Å². The molecule has 0 amide bonds. The first-order valence-corrected chi connectivity index (χ1v) is 5.51. The molecule has 1 atom stereocenters. The average Bonchev–Trinajstić information content (AvgIpc) is 2.66. The van der Waals surface area contributed by atoms with Crippen molar-refractivity contribution in [3.05, 3.63) is 42.2 Å². The Morgan fingerprint density at radius 1 is 1.38 bits per heavy atom. The molecule has 84 valence electrons. The minimum Gasteiger partial charge on any atom is -0.329 e. The fourth-order valence-electron chi connectivity index (χ4n) is 1.83. The highest BCUT2D eigenvalue weighted by molar-refractivity contribution is 5.60. The molecule has 0 aliphatic rings. The zero-order valence-electron chi connectivity index (χ0n) is 9.72. The maximum absolute atomic E-state index is 5.82. The minimum absolute atomic E-state index is 0.136. The molecule has 1 heterocycles. The highest BCUT2D eigenvalue weighted by Crippen LogP contribution is 2.21. The summed E-state index contributed by atoms with van der Waals surface area (Å²) >= 11 is 0. The van der Waals surface area contributed by atoms with Gasteiger partial charge in [0, 0.05) is 30.5 Å². The molecule has 0 radical (unpaired) electrons. The molecule has 0 fully saturated rings. The van der Waals surface area contributed by atoms with Gasteiger partial charge >= 0.3 is 0 Å². The summed E-state index contributed by atoms with van der Waals surface area (Å²) in [7, 11) is 0. The van der Waals surface area contributed by atoms with Crippen LogP contribution in [0.25, 0.3) is 11.4 Å². The molecule has 2 N–H and O–H groups in total. The van der Waals surface area contributed by atoms with E-state index in [2.05, 4.69) is 28.6 Å². The molecule has 1 unspecified atom stereocenters. The zero-order chi connectivity index (χ0) is 11.5. The summed E-state index contributed by atoms with van der Waals surface area (Å²) in [4.78, 5) is 4.41. The number of nitrogens with zero attached hydrogens (tertiary/aromatic N) is 2. The number of benzene rings is 1. The second-order valence-corrected chi connectivity index (χ2v) is 4.20. The summed E-state index contributed by atoms with van der Waals surface area (Å²) in [6.45, 7) is 4.89. The molecule has 0 spiro atoms. The number of hydrogen-bond donors (Lipinski definition) is 1. The first-order chi connectivity index (χ1) is 7.68. The number of hydrogen-bond acceptors (Lipinski definition) is 2. The number of nitrogens with two attached hydrogens (primary N) is 1. The van der Waals surface area contributed by atoms with E-state index in [9.17, 15) is 0 Å². The van der Waals surface area contributed by atoms with Crippen LogP contribution < -0.4 is 5.73 Å². The zero-order valence-corrected chi connectivity index (χ0v) is 9.72. The van der Waals surface area contributed by atoms with Crippen molar-refractivity contribution in [1.29, 1.82) is 0 Å². The van der Waals surface area contributed by atoms with Crippen LogP contribution in [0.3, 0.4) is 0 Å². The van der Waals surface area contributed by atoms with E-state index >= 15 is 0 Å². The number of aromatic nitrogens is 2. The highest BCUT2D eigenvalue weighted by atomic mass is 15.1. The van der Waals surface area contributed by atoms with Gasteiger partial charge in [-0.25, -0.2) is 4.98 Å². The molecule has 0 bridgehead atoms. The van der Waals surface area contributed by atoms with Crippen molar-refractivity contribution < 1.29 is 0 Å². The van der Waals surface area contributed by atoms with E-state index in [0.717, 1.165) is 12.4 Å². The lowest BCUT2D eigenvalue weighted by molar-refractivity contribution is 0.594. The Balaban J connectivity index is 2.41. The van der Waals surface area contributed by atoms with Gasteiger partial charge in [-0.2, -0.15) is 0 Å². The van der Waals surface area contributed by atoms with Crippen molar-refractivity contribution in [2.45, 2.75) is 26.4 Å². The van der Waals surface area contributed by atoms with Gasteiger partial charge in [0.25, 0.3) is 0 Å². The van der Waals surface area contributed by atoms with Crippen molar-refractivity contribution in [3.63, 3.8) is 0 Å². The summed E-state index contributed by atoms with van der Waals surface area (Å²) < 4.78 is 2.10. The summed E-state index contributed by atoms with van der Waals surface area (Å²) in [6.07, 6.45) is 3.80. The largest absolute Gasteiger partial charge is 0.329 e. The second-order valence-electron chi connectivity index (χ2n) is 4.20. The maximum atomic E-state index is 5.82. The van der Waals surface area contributed by atoms with Crippen molar-refractivity contribution >= 4 is 0 Å². The fraction of sp³-hybridized carbons (Fsp3) is 0.308. The normalized spacial score (nSPS) is 12.7. The topological polar surface area (TPSA) is 43.8 Å². The molecule has 16 heavy (non-hydrogen) atoms. The minimum atomic E-state index is 0.136. The highest BCUT2D eigenvalue weighted by Gasteiger charge is 2.08. The molecule has 0 aliphatic carbocycles. The Morgan fingerprint density at radius 2 is 2.12 bits per heavy atom. The lowest BCUT2D eigenvalue weighted by atomic mass is 10.1. The fourth-order valence-corrected chi connectivity index (χ4v) is 1.83. The number of rotatable bonds is 3. The quantitative estimate of drug-likeness (QED) is 0.853. The Morgan fingerprint density at radius 3 is 2.81 bits per heavy atom. The first kappa shape index (κ1) is 10.9.